The normalized spacial score (nSPS) is 12.0. The van der Waals surface area contributed by atoms with E-state index in [2.05, 4.69) is 15.6 Å². The number of rotatable bonds is 6. The van der Waals surface area contributed by atoms with E-state index in [0.717, 1.165) is 11.2 Å². The Morgan fingerprint density at radius 1 is 1.09 bits per heavy atom. The molecule has 0 bridgehead atoms. The molecule has 3 heterocycles. The highest BCUT2D eigenvalue weighted by Gasteiger charge is 2.17. The van der Waals surface area contributed by atoms with Crippen molar-refractivity contribution in [3.63, 3.8) is 0 Å². The van der Waals surface area contributed by atoms with E-state index in [0.29, 0.717) is 40.2 Å². The van der Waals surface area contributed by atoms with E-state index >= 15 is 0 Å². The zero-order valence-electron chi connectivity index (χ0n) is 18.2. The Labute approximate surface area is 189 Å². The number of methoxy groups -OCH3 is 1. The number of aryl methyl sites for hydroxylation is 1. The van der Waals surface area contributed by atoms with Crippen LogP contribution in [0.2, 0.25) is 0 Å². The first-order valence-corrected chi connectivity index (χ1v) is 10.1. The number of amides is 1. The van der Waals surface area contributed by atoms with Crippen molar-refractivity contribution in [2.45, 2.75) is 0 Å². The smallest absolute Gasteiger partial charge is 0.269 e. The number of nitrogens with one attached hydrogen (secondary N) is 2. The first-order valence-electron chi connectivity index (χ1n) is 10.1. The molecule has 0 atom stereocenters. The molecule has 168 valence electrons. The van der Waals surface area contributed by atoms with Crippen molar-refractivity contribution in [1.29, 1.82) is 0 Å². The van der Waals surface area contributed by atoms with E-state index < -0.39 is 0 Å². The van der Waals surface area contributed by atoms with E-state index in [1.54, 1.807) is 32.4 Å². The molecule has 33 heavy (non-hydrogen) atoms. The Morgan fingerprint density at radius 2 is 1.94 bits per heavy atom. The number of carbonyl (C=O) groups excluding carboxylic acids is 1. The number of aromatic nitrogens is 3. The van der Waals surface area contributed by atoms with Crippen LogP contribution in [0.5, 0.6) is 28.7 Å². The summed E-state index contributed by atoms with van der Waals surface area (Å²) in [6.45, 7) is 0.218. The number of imidazole rings is 1. The van der Waals surface area contributed by atoms with E-state index in [-0.39, 0.29) is 18.4 Å². The fourth-order valence-corrected chi connectivity index (χ4v) is 3.51. The van der Waals surface area contributed by atoms with Crippen LogP contribution in [0.25, 0.3) is 11.0 Å². The summed E-state index contributed by atoms with van der Waals surface area (Å²) in [5, 5.41) is 5.85. The number of carbonyl (C=O) groups is 1. The van der Waals surface area contributed by atoms with Gasteiger partial charge in [-0.1, -0.05) is 0 Å². The summed E-state index contributed by atoms with van der Waals surface area (Å²) in [6, 6.07) is 12.5. The molecular weight excluding hydrogens is 426 g/mol. The zero-order valence-corrected chi connectivity index (χ0v) is 18.2. The van der Waals surface area contributed by atoms with Crippen molar-refractivity contribution in [2.75, 3.05) is 26.3 Å². The second kappa shape index (κ2) is 8.23. The molecule has 10 heteroatoms. The molecule has 10 nitrogen and oxygen atoms in total. The average Bonchev–Trinajstić information content (AvgIpc) is 3.42. The molecule has 0 spiro atoms. The van der Waals surface area contributed by atoms with Crippen molar-refractivity contribution in [1.82, 2.24) is 19.9 Å². The topological polar surface area (TPSA) is 109 Å². The van der Waals surface area contributed by atoms with Crippen LogP contribution in [-0.2, 0) is 7.05 Å². The molecule has 1 aliphatic rings. The monoisotopic (exact) mass is 447 g/mol. The Hall–Kier alpha value is -4.47. The second-order valence-electron chi connectivity index (χ2n) is 7.24. The SMILES string of the molecule is CNC(=O)c1cc(Oc2cc3nc(Nc4ccc5c(c4)OCO5)n(C)c3cc2OC)ccn1. The first-order chi connectivity index (χ1) is 16.1. The van der Waals surface area contributed by atoms with E-state index in [4.69, 9.17) is 23.9 Å². The average molecular weight is 447 g/mol. The highest BCUT2D eigenvalue weighted by Crippen LogP contribution is 2.38. The van der Waals surface area contributed by atoms with Gasteiger partial charge in [0.1, 0.15) is 11.4 Å². The van der Waals surface area contributed by atoms with Gasteiger partial charge in [-0.15, -0.1) is 0 Å². The molecule has 0 saturated heterocycles. The number of ether oxygens (including phenoxy) is 4. The molecule has 0 fully saturated rings. The molecule has 4 aromatic rings. The summed E-state index contributed by atoms with van der Waals surface area (Å²) in [7, 11) is 5.02. The summed E-state index contributed by atoms with van der Waals surface area (Å²) >= 11 is 0. The molecule has 0 radical (unpaired) electrons. The lowest BCUT2D eigenvalue weighted by molar-refractivity contribution is 0.0958. The van der Waals surface area contributed by atoms with Crippen molar-refractivity contribution in [2.24, 2.45) is 7.05 Å². The fourth-order valence-electron chi connectivity index (χ4n) is 3.51. The van der Waals surface area contributed by atoms with Crippen molar-refractivity contribution >= 4 is 28.6 Å². The van der Waals surface area contributed by atoms with Crippen LogP contribution in [0.1, 0.15) is 10.5 Å². The predicted molar refractivity (Wildman–Crippen MR) is 121 cm³/mol. The number of hydrogen-bond acceptors (Lipinski definition) is 8. The third-order valence-electron chi connectivity index (χ3n) is 5.21. The summed E-state index contributed by atoms with van der Waals surface area (Å²) in [4.78, 5) is 20.6. The molecule has 5 rings (SSSR count). The van der Waals surface area contributed by atoms with E-state index in [1.165, 1.54) is 6.20 Å². The zero-order chi connectivity index (χ0) is 22.9. The fraction of sp³-hybridized carbons (Fsp3) is 0.174. The maximum atomic E-state index is 11.9. The predicted octanol–water partition coefficient (Wildman–Crippen LogP) is 3.60. The quantitative estimate of drug-likeness (QED) is 0.462. The second-order valence-corrected chi connectivity index (χ2v) is 7.24. The molecule has 2 N–H and O–H groups in total. The Bertz CT molecular complexity index is 1370. The summed E-state index contributed by atoms with van der Waals surface area (Å²) in [5.41, 5.74) is 2.63. The minimum absolute atomic E-state index is 0.218. The summed E-state index contributed by atoms with van der Waals surface area (Å²) < 4.78 is 24.3. The molecule has 0 saturated carbocycles. The van der Waals surface area contributed by atoms with E-state index in [9.17, 15) is 4.79 Å². The number of benzene rings is 2. The lowest BCUT2D eigenvalue weighted by atomic mass is 10.2. The third-order valence-corrected chi connectivity index (χ3v) is 5.21. The van der Waals surface area contributed by atoms with Gasteiger partial charge in [0.05, 0.1) is 18.1 Å². The first kappa shape index (κ1) is 20.4. The summed E-state index contributed by atoms with van der Waals surface area (Å²) in [6.07, 6.45) is 1.51. The number of pyridine rings is 1. The van der Waals surface area contributed by atoms with Crippen LogP contribution < -0.4 is 29.6 Å². The Kier molecular flexibility index (Phi) is 5.09. The van der Waals surface area contributed by atoms with Gasteiger partial charge in [0.25, 0.3) is 5.91 Å². The van der Waals surface area contributed by atoms with Gasteiger partial charge in [-0.25, -0.2) is 4.98 Å². The van der Waals surface area contributed by atoms with E-state index in [1.807, 2.05) is 35.9 Å². The molecule has 0 aliphatic carbocycles. The maximum Gasteiger partial charge on any atom is 0.269 e. The largest absolute Gasteiger partial charge is 0.493 e. The van der Waals surface area contributed by atoms with Crippen LogP contribution in [0.15, 0.2) is 48.7 Å². The van der Waals surface area contributed by atoms with Gasteiger partial charge in [0.2, 0.25) is 12.7 Å². The number of fused-ring (bicyclic) bond motifs is 2. The molecule has 2 aromatic carbocycles. The van der Waals surface area contributed by atoms with Crippen LogP contribution in [0.4, 0.5) is 11.6 Å². The van der Waals surface area contributed by atoms with Gasteiger partial charge < -0.3 is 34.1 Å². The van der Waals surface area contributed by atoms with Crippen molar-refractivity contribution in [3.8, 4) is 28.7 Å². The summed E-state index contributed by atoms with van der Waals surface area (Å²) in [5.74, 6) is 3.18. The molecule has 1 amide bonds. The number of nitrogens with zero attached hydrogens (tertiary/aromatic N) is 3. The lowest BCUT2D eigenvalue weighted by Gasteiger charge is -2.11. The van der Waals surface area contributed by atoms with Crippen molar-refractivity contribution in [3.05, 3.63) is 54.4 Å². The van der Waals surface area contributed by atoms with Gasteiger partial charge >= 0.3 is 0 Å². The molecule has 1 aliphatic heterocycles. The molecule has 2 aromatic heterocycles. The van der Waals surface area contributed by atoms with Gasteiger partial charge in [0, 0.05) is 50.2 Å². The standard InChI is InChI=1S/C23H21N5O5/c1-24-22(29)16-9-14(6-7-25-16)33-21-10-15-17(11-19(21)30-3)28(2)23(27-15)26-13-4-5-18-20(8-13)32-12-31-18/h4-11H,12H2,1-3H3,(H,24,29)(H,26,27). The van der Waals surface area contributed by atoms with Gasteiger partial charge in [0.15, 0.2) is 23.0 Å². The molecule has 0 unspecified atom stereocenters. The number of anilines is 2. The molecular formula is C23H21N5O5. The van der Waals surface area contributed by atoms with Crippen molar-refractivity contribution < 1.29 is 23.7 Å². The van der Waals surface area contributed by atoms with Gasteiger partial charge in [-0.05, 0) is 18.2 Å². The number of hydrogen-bond donors (Lipinski definition) is 2. The van der Waals surface area contributed by atoms with Crippen LogP contribution in [-0.4, -0.2) is 41.4 Å². The third kappa shape index (κ3) is 3.82. The van der Waals surface area contributed by atoms with Crippen LogP contribution in [0, 0.1) is 0 Å². The Balaban J connectivity index is 1.47. The highest BCUT2D eigenvalue weighted by molar-refractivity contribution is 5.92. The minimum atomic E-state index is -0.299. The highest BCUT2D eigenvalue weighted by atomic mass is 16.7. The van der Waals surface area contributed by atoms with Crippen LogP contribution >= 0.6 is 0 Å². The van der Waals surface area contributed by atoms with Gasteiger partial charge in [-0.2, -0.15) is 0 Å². The lowest BCUT2D eigenvalue weighted by Crippen LogP contribution is -2.18. The Morgan fingerprint density at radius 3 is 2.76 bits per heavy atom. The maximum absolute atomic E-state index is 11.9. The van der Waals surface area contributed by atoms with Gasteiger partial charge in [-0.3, -0.25) is 9.78 Å². The van der Waals surface area contributed by atoms with Crippen LogP contribution in [0.3, 0.4) is 0 Å². The minimum Gasteiger partial charge on any atom is -0.493 e.